The molecule has 15 heavy (non-hydrogen) atoms. The number of aromatic nitrogens is 2. The van der Waals surface area contributed by atoms with Gasteiger partial charge >= 0.3 is 5.69 Å². The van der Waals surface area contributed by atoms with Gasteiger partial charge in [-0.05, 0) is 20.8 Å². The summed E-state index contributed by atoms with van der Waals surface area (Å²) in [6.07, 6.45) is 0. The number of hydrogen-bond acceptors (Lipinski definition) is 3. The van der Waals surface area contributed by atoms with E-state index in [0.717, 1.165) is 4.57 Å². The zero-order valence-corrected chi connectivity index (χ0v) is 9.79. The van der Waals surface area contributed by atoms with E-state index in [1.54, 1.807) is 27.8 Å². The molecule has 0 amide bonds. The quantitative estimate of drug-likeness (QED) is 0.686. The zero-order valence-electron chi connectivity index (χ0n) is 9.79. The number of nitrogens with two attached hydrogens (primary N) is 1. The Morgan fingerprint density at radius 3 is 2.00 bits per heavy atom. The average molecular weight is 211 g/mol. The third-order valence-electron chi connectivity index (χ3n) is 2.50. The topological polar surface area (TPSA) is 70.0 Å². The van der Waals surface area contributed by atoms with Crippen molar-refractivity contribution in [2.24, 2.45) is 19.8 Å². The summed E-state index contributed by atoms with van der Waals surface area (Å²) in [7, 11) is 3.09. The van der Waals surface area contributed by atoms with Gasteiger partial charge in [-0.15, -0.1) is 0 Å². The molecule has 0 saturated carbocycles. The first-order chi connectivity index (χ1) is 6.68. The van der Waals surface area contributed by atoms with Crippen molar-refractivity contribution >= 4 is 0 Å². The van der Waals surface area contributed by atoms with Crippen molar-refractivity contribution in [1.29, 1.82) is 0 Å². The Morgan fingerprint density at radius 1 is 1.13 bits per heavy atom. The van der Waals surface area contributed by atoms with Crippen LogP contribution in [0.4, 0.5) is 0 Å². The molecular formula is C10H17N3O2. The van der Waals surface area contributed by atoms with E-state index >= 15 is 0 Å². The fraction of sp³-hybridized carbons (Fsp3) is 0.600. The predicted octanol–water partition coefficient (Wildman–Crippen LogP) is -0.414. The van der Waals surface area contributed by atoms with Gasteiger partial charge in [0.15, 0.2) is 0 Å². The molecule has 1 rings (SSSR count). The molecule has 0 unspecified atom stereocenters. The Morgan fingerprint density at radius 2 is 1.60 bits per heavy atom. The first-order valence-corrected chi connectivity index (χ1v) is 4.74. The zero-order chi connectivity index (χ0) is 12.0. The third-order valence-corrected chi connectivity index (χ3v) is 2.50. The van der Waals surface area contributed by atoms with Gasteiger partial charge < -0.3 is 5.73 Å². The largest absolute Gasteiger partial charge is 0.330 e. The fourth-order valence-corrected chi connectivity index (χ4v) is 1.93. The Kier molecular flexibility index (Phi) is 2.61. The second-order valence-electron chi connectivity index (χ2n) is 4.40. The maximum absolute atomic E-state index is 11.7. The van der Waals surface area contributed by atoms with Crippen molar-refractivity contribution in [1.82, 2.24) is 9.13 Å². The monoisotopic (exact) mass is 211 g/mol. The van der Waals surface area contributed by atoms with Crippen LogP contribution in [0.3, 0.4) is 0 Å². The first-order valence-electron chi connectivity index (χ1n) is 4.74. The highest BCUT2D eigenvalue weighted by Crippen LogP contribution is 2.16. The first kappa shape index (κ1) is 11.7. The number of nitrogens with zero attached hydrogens (tertiary/aromatic N) is 2. The molecule has 5 nitrogen and oxygen atoms in total. The summed E-state index contributed by atoms with van der Waals surface area (Å²) >= 11 is 0. The highest BCUT2D eigenvalue weighted by atomic mass is 16.2. The van der Waals surface area contributed by atoms with E-state index in [0.29, 0.717) is 11.3 Å². The van der Waals surface area contributed by atoms with Crippen LogP contribution in [-0.2, 0) is 19.6 Å². The van der Waals surface area contributed by atoms with Crippen LogP contribution in [0.5, 0.6) is 0 Å². The summed E-state index contributed by atoms with van der Waals surface area (Å²) in [6.45, 7) is 5.23. The molecule has 0 aromatic carbocycles. The van der Waals surface area contributed by atoms with Crippen LogP contribution in [0.15, 0.2) is 9.59 Å². The molecule has 1 aromatic heterocycles. The summed E-state index contributed by atoms with van der Waals surface area (Å²) in [5, 5.41) is 0. The second kappa shape index (κ2) is 3.34. The van der Waals surface area contributed by atoms with Gasteiger partial charge in [-0.25, -0.2) is 4.79 Å². The average Bonchev–Trinajstić information content (AvgIpc) is 2.09. The van der Waals surface area contributed by atoms with Crippen LogP contribution >= 0.6 is 0 Å². The maximum atomic E-state index is 11.7. The smallest absolute Gasteiger partial charge is 0.321 e. The molecule has 0 atom stereocenters. The summed E-state index contributed by atoms with van der Waals surface area (Å²) in [5.41, 5.74) is 5.70. The third kappa shape index (κ3) is 1.74. The SMILES string of the molecule is Cc1c(C(C)(C)N)n(C)c(=O)n(C)c1=O. The van der Waals surface area contributed by atoms with Crippen molar-refractivity contribution in [3.63, 3.8) is 0 Å². The molecule has 1 aromatic rings. The van der Waals surface area contributed by atoms with Crippen molar-refractivity contribution in [3.8, 4) is 0 Å². The van der Waals surface area contributed by atoms with Crippen LogP contribution in [0.25, 0.3) is 0 Å². The molecule has 0 spiro atoms. The summed E-state index contributed by atoms with van der Waals surface area (Å²) < 4.78 is 2.52. The lowest BCUT2D eigenvalue weighted by molar-refractivity contribution is 0.480. The molecule has 0 aliphatic rings. The van der Waals surface area contributed by atoms with E-state index < -0.39 is 5.54 Å². The van der Waals surface area contributed by atoms with E-state index in [-0.39, 0.29) is 11.2 Å². The van der Waals surface area contributed by atoms with Gasteiger partial charge in [0.25, 0.3) is 5.56 Å². The Bertz CT molecular complexity index is 466. The summed E-state index contributed by atoms with van der Waals surface area (Å²) in [4.78, 5) is 23.4. The molecule has 0 aliphatic heterocycles. The van der Waals surface area contributed by atoms with Crippen LogP contribution in [-0.4, -0.2) is 9.13 Å². The minimum absolute atomic E-state index is 0.286. The van der Waals surface area contributed by atoms with E-state index in [4.69, 9.17) is 5.73 Å². The fourth-order valence-electron chi connectivity index (χ4n) is 1.93. The molecule has 1 heterocycles. The molecule has 0 bridgehead atoms. The summed E-state index contributed by atoms with van der Waals surface area (Å²) in [6, 6.07) is 0. The van der Waals surface area contributed by atoms with Crippen LogP contribution in [0.1, 0.15) is 25.1 Å². The lowest BCUT2D eigenvalue weighted by Gasteiger charge is -2.24. The van der Waals surface area contributed by atoms with Crippen molar-refractivity contribution < 1.29 is 0 Å². The molecular weight excluding hydrogens is 194 g/mol. The molecule has 0 radical (unpaired) electrons. The Balaban J connectivity index is 3.85. The van der Waals surface area contributed by atoms with Crippen molar-refractivity contribution in [3.05, 3.63) is 32.1 Å². The predicted molar refractivity (Wildman–Crippen MR) is 58.9 cm³/mol. The lowest BCUT2D eigenvalue weighted by atomic mass is 9.98. The van der Waals surface area contributed by atoms with Crippen molar-refractivity contribution in [2.45, 2.75) is 26.3 Å². The maximum Gasteiger partial charge on any atom is 0.330 e. The van der Waals surface area contributed by atoms with Crippen molar-refractivity contribution in [2.75, 3.05) is 0 Å². The minimum atomic E-state index is -0.703. The molecule has 84 valence electrons. The van der Waals surface area contributed by atoms with Gasteiger partial charge in [0.05, 0.1) is 5.54 Å². The van der Waals surface area contributed by atoms with Gasteiger partial charge in [0, 0.05) is 25.4 Å². The van der Waals surface area contributed by atoms with Crippen LogP contribution in [0.2, 0.25) is 0 Å². The second-order valence-corrected chi connectivity index (χ2v) is 4.40. The summed E-state index contributed by atoms with van der Waals surface area (Å²) in [5.74, 6) is 0. The normalized spacial score (nSPS) is 11.9. The number of hydrogen-bond donors (Lipinski definition) is 1. The highest BCUT2D eigenvalue weighted by molar-refractivity contribution is 5.22. The molecule has 0 aliphatic carbocycles. The van der Waals surface area contributed by atoms with Crippen LogP contribution < -0.4 is 17.0 Å². The molecule has 0 saturated heterocycles. The lowest BCUT2D eigenvalue weighted by Crippen LogP contribution is -2.45. The van der Waals surface area contributed by atoms with E-state index in [1.165, 1.54) is 11.6 Å². The Labute approximate surface area is 88.1 Å². The number of rotatable bonds is 1. The minimum Gasteiger partial charge on any atom is -0.321 e. The molecule has 5 heteroatoms. The van der Waals surface area contributed by atoms with Gasteiger partial charge in [0.1, 0.15) is 0 Å². The standard InChI is InChI=1S/C10H17N3O2/c1-6-7(10(2,3)11)12(4)9(15)13(5)8(6)14/h11H2,1-5H3. The van der Waals surface area contributed by atoms with Gasteiger partial charge in [0.2, 0.25) is 0 Å². The van der Waals surface area contributed by atoms with Gasteiger partial charge in [-0.2, -0.15) is 0 Å². The highest BCUT2D eigenvalue weighted by Gasteiger charge is 2.23. The van der Waals surface area contributed by atoms with Gasteiger partial charge in [-0.1, -0.05) is 0 Å². The van der Waals surface area contributed by atoms with E-state index in [9.17, 15) is 9.59 Å². The van der Waals surface area contributed by atoms with E-state index in [1.807, 2.05) is 0 Å². The van der Waals surface area contributed by atoms with Crippen LogP contribution in [0, 0.1) is 6.92 Å². The van der Waals surface area contributed by atoms with E-state index in [2.05, 4.69) is 0 Å². The molecule has 0 fully saturated rings. The Hall–Kier alpha value is -1.36. The molecule has 2 N–H and O–H groups in total. The van der Waals surface area contributed by atoms with Gasteiger partial charge in [-0.3, -0.25) is 13.9 Å².